The van der Waals surface area contributed by atoms with Crippen molar-refractivity contribution >= 4 is 17.2 Å². The maximum Gasteiger partial charge on any atom is 0.161 e. The molecule has 0 unspecified atom stereocenters. The van der Waals surface area contributed by atoms with E-state index in [1.807, 2.05) is 65.6 Å². The highest BCUT2D eigenvalue weighted by atomic mass is 32.1. The highest BCUT2D eigenvalue weighted by molar-refractivity contribution is 7.80. The Labute approximate surface area is 165 Å². The van der Waals surface area contributed by atoms with Crippen molar-refractivity contribution in [3.05, 3.63) is 78.4 Å². The monoisotopic (exact) mass is 381 g/mol. The predicted molar refractivity (Wildman–Crippen MR) is 110 cm³/mol. The Balaban J connectivity index is 1.53. The summed E-state index contributed by atoms with van der Waals surface area (Å²) in [4.78, 5) is 4.74. The lowest BCUT2D eigenvalue weighted by atomic mass is 10.2. The van der Waals surface area contributed by atoms with Crippen molar-refractivity contribution in [1.29, 1.82) is 0 Å². The minimum Gasteiger partial charge on any atom is -0.493 e. The fourth-order valence-electron chi connectivity index (χ4n) is 2.65. The van der Waals surface area contributed by atoms with Gasteiger partial charge in [-0.05, 0) is 30.2 Å². The number of benzene rings is 2. The number of rotatable bonds is 9. The lowest BCUT2D eigenvalue weighted by molar-refractivity contribution is 0.284. The fourth-order valence-corrected chi connectivity index (χ4v) is 2.88. The van der Waals surface area contributed by atoms with E-state index in [1.165, 1.54) is 0 Å². The zero-order valence-corrected chi connectivity index (χ0v) is 16.1. The largest absolute Gasteiger partial charge is 0.493 e. The molecule has 0 radical (unpaired) electrons. The van der Waals surface area contributed by atoms with Gasteiger partial charge in [-0.1, -0.05) is 42.5 Å². The second kappa shape index (κ2) is 9.73. The second-order valence-electron chi connectivity index (χ2n) is 6.05. The van der Waals surface area contributed by atoms with Gasteiger partial charge in [-0.3, -0.25) is 0 Å². The van der Waals surface area contributed by atoms with Gasteiger partial charge in [0.2, 0.25) is 0 Å². The third-order valence-corrected chi connectivity index (χ3v) is 4.48. The summed E-state index contributed by atoms with van der Waals surface area (Å²) in [6.07, 6.45) is 6.52. The molecule has 0 aliphatic carbocycles. The first-order valence-corrected chi connectivity index (χ1v) is 9.26. The van der Waals surface area contributed by atoms with E-state index in [0.29, 0.717) is 23.1 Å². The lowest BCUT2D eigenvalue weighted by Gasteiger charge is -2.14. The Morgan fingerprint density at radius 2 is 2.00 bits per heavy atom. The number of thiocarbonyl (C=S) groups is 1. The molecule has 0 spiro atoms. The van der Waals surface area contributed by atoms with Crippen LogP contribution in [0.2, 0.25) is 0 Å². The molecule has 140 valence electrons. The summed E-state index contributed by atoms with van der Waals surface area (Å²) in [6.45, 7) is 2.20. The van der Waals surface area contributed by atoms with Gasteiger partial charge in [-0.2, -0.15) is 0 Å². The lowest BCUT2D eigenvalue weighted by Crippen LogP contribution is -2.24. The molecule has 0 bridgehead atoms. The molecule has 0 fully saturated rings. The quantitative estimate of drug-likeness (QED) is 0.451. The summed E-state index contributed by atoms with van der Waals surface area (Å²) >= 11 is 5.50. The normalized spacial score (nSPS) is 10.4. The van der Waals surface area contributed by atoms with Crippen LogP contribution in [-0.2, 0) is 13.2 Å². The first-order chi connectivity index (χ1) is 13.3. The smallest absolute Gasteiger partial charge is 0.161 e. The van der Waals surface area contributed by atoms with Crippen molar-refractivity contribution in [3.63, 3.8) is 0 Å². The molecule has 0 saturated heterocycles. The number of nitrogens with zero attached hydrogens (tertiary/aromatic N) is 2. The van der Waals surface area contributed by atoms with Crippen LogP contribution in [0, 0.1) is 0 Å². The summed E-state index contributed by atoms with van der Waals surface area (Å²) < 4.78 is 13.4. The van der Waals surface area contributed by atoms with Crippen LogP contribution in [0.3, 0.4) is 0 Å². The van der Waals surface area contributed by atoms with Crippen LogP contribution in [0.4, 0.5) is 0 Å². The molecule has 27 heavy (non-hydrogen) atoms. The predicted octanol–water partition coefficient (Wildman–Crippen LogP) is 3.83. The van der Waals surface area contributed by atoms with E-state index >= 15 is 0 Å². The summed E-state index contributed by atoms with van der Waals surface area (Å²) in [5.74, 6) is 1.37. The number of hydrogen-bond acceptors (Lipinski definition) is 4. The molecule has 5 nitrogen and oxygen atoms in total. The highest BCUT2D eigenvalue weighted by Crippen LogP contribution is 2.29. The van der Waals surface area contributed by atoms with E-state index < -0.39 is 0 Å². The summed E-state index contributed by atoms with van der Waals surface area (Å²) in [5.41, 5.74) is 2.02. The third kappa shape index (κ3) is 5.56. The van der Waals surface area contributed by atoms with Crippen LogP contribution in [-0.4, -0.2) is 28.2 Å². The number of methoxy groups -OCH3 is 1. The fraction of sp³-hybridized carbons (Fsp3) is 0.238. The summed E-state index contributed by atoms with van der Waals surface area (Å²) in [7, 11) is 1.64. The SMILES string of the molecule is COc1cc(C(=S)NCCCn2ccnc2)ccc1OCc1ccccc1. The molecule has 1 aromatic heterocycles. The van der Waals surface area contributed by atoms with Gasteiger partial charge in [0.15, 0.2) is 11.5 Å². The number of hydrogen-bond donors (Lipinski definition) is 1. The first kappa shape index (κ1) is 18.9. The summed E-state index contributed by atoms with van der Waals surface area (Å²) in [6, 6.07) is 15.8. The second-order valence-corrected chi connectivity index (χ2v) is 6.46. The maximum absolute atomic E-state index is 5.89. The number of ether oxygens (including phenoxy) is 2. The van der Waals surface area contributed by atoms with Gasteiger partial charge in [0.25, 0.3) is 0 Å². The first-order valence-electron chi connectivity index (χ1n) is 8.85. The zero-order chi connectivity index (χ0) is 18.9. The van der Waals surface area contributed by atoms with Crippen molar-refractivity contribution in [1.82, 2.24) is 14.9 Å². The Hall–Kier alpha value is -2.86. The van der Waals surface area contributed by atoms with Gasteiger partial charge in [-0.15, -0.1) is 0 Å². The number of aromatic nitrogens is 2. The molecular weight excluding hydrogens is 358 g/mol. The number of aryl methyl sites for hydroxylation is 1. The molecule has 1 N–H and O–H groups in total. The maximum atomic E-state index is 5.89. The van der Waals surface area contributed by atoms with Gasteiger partial charge in [0.05, 0.1) is 13.4 Å². The average Bonchev–Trinajstić information content (AvgIpc) is 3.23. The molecule has 3 aromatic rings. The Kier molecular flexibility index (Phi) is 6.82. The van der Waals surface area contributed by atoms with E-state index in [9.17, 15) is 0 Å². The van der Waals surface area contributed by atoms with Gasteiger partial charge in [0, 0.05) is 31.0 Å². The van der Waals surface area contributed by atoms with Gasteiger partial charge in [-0.25, -0.2) is 4.98 Å². The van der Waals surface area contributed by atoms with Crippen LogP contribution in [0.1, 0.15) is 17.5 Å². The van der Waals surface area contributed by atoms with E-state index in [0.717, 1.165) is 30.6 Å². The Morgan fingerprint density at radius 3 is 2.74 bits per heavy atom. The molecule has 0 aliphatic rings. The molecule has 1 heterocycles. The van der Waals surface area contributed by atoms with E-state index in [1.54, 1.807) is 13.3 Å². The number of imidazole rings is 1. The molecule has 3 rings (SSSR count). The van der Waals surface area contributed by atoms with Crippen molar-refractivity contribution in [2.45, 2.75) is 19.6 Å². The molecule has 0 saturated carbocycles. The van der Waals surface area contributed by atoms with E-state index in [2.05, 4.69) is 10.3 Å². The van der Waals surface area contributed by atoms with Crippen LogP contribution >= 0.6 is 12.2 Å². The Morgan fingerprint density at radius 1 is 1.15 bits per heavy atom. The van der Waals surface area contributed by atoms with Crippen LogP contribution in [0.25, 0.3) is 0 Å². The van der Waals surface area contributed by atoms with Crippen LogP contribution in [0.5, 0.6) is 11.5 Å². The van der Waals surface area contributed by atoms with Gasteiger partial charge >= 0.3 is 0 Å². The summed E-state index contributed by atoms with van der Waals surface area (Å²) in [5, 5.41) is 3.29. The van der Waals surface area contributed by atoms with Crippen LogP contribution < -0.4 is 14.8 Å². The molecule has 2 aromatic carbocycles. The highest BCUT2D eigenvalue weighted by Gasteiger charge is 2.09. The molecule has 0 atom stereocenters. The standard InChI is InChI=1S/C21H23N3O2S/c1-25-20-14-18(21(27)23-10-5-12-24-13-11-22-16-24)8-9-19(20)26-15-17-6-3-2-4-7-17/h2-4,6-9,11,13-14,16H,5,10,12,15H2,1H3,(H,23,27). The third-order valence-electron chi connectivity index (χ3n) is 4.10. The molecule has 0 aliphatic heterocycles. The Bertz CT molecular complexity index is 851. The minimum absolute atomic E-state index is 0.494. The van der Waals surface area contributed by atoms with Crippen LogP contribution in [0.15, 0.2) is 67.3 Å². The average molecular weight is 382 g/mol. The van der Waals surface area contributed by atoms with Crippen molar-refractivity contribution in [3.8, 4) is 11.5 Å². The molecular formula is C21H23N3O2S. The topological polar surface area (TPSA) is 48.3 Å². The van der Waals surface area contributed by atoms with Crippen molar-refractivity contribution in [2.75, 3.05) is 13.7 Å². The van der Waals surface area contributed by atoms with Gasteiger partial charge in [0.1, 0.15) is 11.6 Å². The number of nitrogens with one attached hydrogen (secondary N) is 1. The van der Waals surface area contributed by atoms with E-state index in [4.69, 9.17) is 21.7 Å². The van der Waals surface area contributed by atoms with E-state index in [-0.39, 0.29) is 0 Å². The van der Waals surface area contributed by atoms with Crippen molar-refractivity contribution in [2.24, 2.45) is 0 Å². The zero-order valence-electron chi connectivity index (χ0n) is 15.3. The van der Waals surface area contributed by atoms with Crippen molar-refractivity contribution < 1.29 is 9.47 Å². The molecule has 6 heteroatoms. The molecule has 0 amide bonds. The van der Waals surface area contributed by atoms with Gasteiger partial charge < -0.3 is 19.4 Å². The minimum atomic E-state index is 0.494.